The van der Waals surface area contributed by atoms with Crippen LogP contribution in [0.3, 0.4) is 0 Å². The molecule has 2 aromatic carbocycles. The molecule has 1 saturated heterocycles. The van der Waals surface area contributed by atoms with Gasteiger partial charge in [0.15, 0.2) is 0 Å². The zero-order valence-corrected chi connectivity index (χ0v) is 16.0. The Kier molecular flexibility index (Phi) is 6.32. The Balaban J connectivity index is 1.68. The van der Waals surface area contributed by atoms with Gasteiger partial charge in [-0.25, -0.2) is 10.9 Å². The summed E-state index contributed by atoms with van der Waals surface area (Å²) in [5.41, 5.74) is 9.31. The summed E-state index contributed by atoms with van der Waals surface area (Å²) >= 11 is 0. The summed E-state index contributed by atoms with van der Waals surface area (Å²) < 4.78 is 11.2. The summed E-state index contributed by atoms with van der Waals surface area (Å²) in [6.07, 6.45) is 0.671. The average molecular weight is 369 g/mol. The van der Waals surface area contributed by atoms with Gasteiger partial charge < -0.3 is 14.8 Å². The van der Waals surface area contributed by atoms with E-state index >= 15 is 0 Å². The maximum Gasteiger partial charge on any atom is 0.243 e. The number of anilines is 1. The van der Waals surface area contributed by atoms with Crippen molar-refractivity contribution in [1.29, 1.82) is 0 Å². The third-order valence-electron chi connectivity index (χ3n) is 4.52. The van der Waals surface area contributed by atoms with Gasteiger partial charge in [-0.2, -0.15) is 0 Å². The van der Waals surface area contributed by atoms with Gasteiger partial charge in [0, 0.05) is 12.1 Å². The quantitative estimate of drug-likeness (QED) is 0.698. The van der Waals surface area contributed by atoms with Crippen LogP contribution in [0.1, 0.15) is 37.4 Å². The molecule has 1 amide bonds. The summed E-state index contributed by atoms with van der Waals surface area (Å²) in [6, 6.07) is 13.6. The average Bonchev–Trinajstić information content (AvgIpc) is 3.15. The lowest BCUT2D eigenvalue weighted by Crippen LogP contribution is -2.39. The van der Waals surface area contributed by atoms with Crippen LogP contribution in [0.15, 0.2) is 42.5 Å². The van der Waals surface area contributed by atoms with E-state index in [2.05, 4.69) is 47.4 Å². The van der Waals surface area contributed by atoms with Crippen LogP contribution in [0.2, 0.25) is 0 Å². The number of hydrogen-bond donors (Lipinski definition) is 3. The van der Waals surface area contributed by atoms with Crippen molar-refractivity contribution < 1.29 is 14.3 Å². The molecule has 2 atom stereocenters. The maximum absolute atomic E-state index is 12.8. The molecular weight excluding hydrogens is 342 g/mol. The summed E-state index contributed by atoms with van der Waals surface area (Å²) in [5, 5.41) is 2.97. The first-order valence-corrected chi connectivity index (χ1v) is 9.38. The van der Waals surface area contributed by atoms with Crippen LogP contribution in [-0.4, -0.2) is 25.2 Å². The Morgan fingerprint density at radius 1 is 1.07 bits per heavy atom. The van der Waals surface area contributed by atoms with Crippen molar-refractivity contribution in [2.24, 2.45) is 0 Å². The fourth-order valence-electron chi connectivity index (χ4n) is 3.11. The summed E-state index contributed by atoms with van der Waals surface area (Å²) in [5.74, 6) is 1.23. The molecule has 2 unspecified atom stereocenters. The van der Waals surface area contributed by atoms with Gasteiger partial charge in [0.1, 0.15) is 17.5 Å². The van der Waals surface area contributed by atoms with Crippen molar-refractivity contribution in [1.82, 2.24) is 10.9 Å². The van der Waals surface area contributed by atoms with Crippen molar-refractivity contribution in [2.75, 3.05) is 18.5 Å². The van der Waals surface area contributed by atoms with Crippen LogP contribution in [0.25, 0.3) is 0 Å². The highest BCUT2D eigenvalue weighted by molar-refractivity contribution is 5.96. The molecule has 0 spiro atoms. The Labute approximate surface area is 160 Å². The van der Waals surface area contributed by atoms with Gasteiger partial charge in [0.25, 0.3) is 0 Å². The lowest BCUT2D eigenvalue weighted by Gasteiger charge is -2.15. The van der Waals surface area contributed by atoms with Crippen LogP contribution in [0.4, 0.5) is 5.69 Å². The second-order valence-corrected chi connectivity index (χ2v) is 6.55. The van der Waals surface area contributed by atoms with Crippen LogP contribution in [-0.2, 0) is 4.79 Å². The summed E-state index contributed by atoms with van der Waals surface area (Å²) in [6.45, 7) is 6.99. The second-order valence-electron chi connectivity index (χ2n) is 6.55. The first kappa shape index (κ1) is 19.2. The molecule has 0 aliphatic carbocycles. The van der Waals surface area contributed by atoms with Gasteiger partial charge >= 0.3 is 0 Å². The molecule has 3 N–H and O–H groups in total. The SMILES string of the molecule is CCOc1ccc(OCC)c(NC(=O)C2CC(c3ccc(C)cc3)NN2)c1. The number of aryl methyl sites for hydroxylation is 1. The molecule has 3 rings (SSSR count). The molecule has 1 heterocycles. The number of benzene rings is 2. The topological polar surface area (TPSA) is 71.6 Å². The lowest BCUT2D eigenvalue weighted by molar-refractivity contribution is -0.117. The third kappa shape index (κ3) is 4.78. The molecular formula is C21H27N3O3. The molecule has 0 radical (unpaired) electrons. The minimum Gasteiger partial charge on any atom is -0.494 e. The predicted octanol–water partition coefficient (Wildman–Crippen LogP) is 3.34. The number of hydrazine groups is 1. The lowest BCUT2D eigenvalue weighted by atomic mass is 10.0. The summed E-state index contributed by atoms with van der Waals surface area (Å²) in [7, 11) is 0. The van der Waals surface area contributed by atoms with Gasteiger partial charge in [0.05, 0.1) is 18.9 Å². The molecule has 6 nitrogen and oxygen atoms in total. The highest BCUT2D eigenvalue weighted by Crippen LogP contribution is 2.30. The predicted molar refractivity (Wildman–Crippen MR) is 106 cm³/mol. The van der Waals surface area contributed by atoms with E-state index in [4.69, 9.17) is 9.47 Å². The van der Waals surface area contributed by atoms with Crippen molar-refractivity contribution in [3.05, 3.63) is 53.6 Å². The van der Waals surface area contributed by atoms with Crippen LogP contribution < -0.4 is 25.6 Å². The van der Waals surface area contributed by atoms with E-state index in [1.54, 1.807) is 6.07 Å². The number of carbonyl (C=O) groups excluding carboxylic acids is 1. The fraction of sp³-hybridized carbons (Fsp3) is 0.381. The largest absolute Gasteiger partial charge is 0.494 e. The van der Waals surface area contributed by atoms with Crippen molar-refractivity contribution >= 4 is 11.6 Å². The zero-order chi connectivity index (χ0) is 19.2. The molecule has 6 heteroatoms. The van der Waals surface area contributed by atoms with Crippen molar-refractivity contribution in [3.8, 4) is 11.5 Å². The normalized spacial score (nSPS) is 18.9. The van der Waals surface area contributed by atoms with Gasteiger partial charge in [-0.3, -0.25) is 4.79 Å². The van der Waals surface area contributed by atoms with E-state index in [-0.39, 0.29) is 18.0 Å². The molecule has 2 aromatic rings. The van der Waals surface area contributed by atoms with Gasteiger partial charge in [0.2, 0.25) is 5.91 Å². The van der Waals surface area contributed by atoms with Crippen LogP contribution >= 0.6 is 0 Å². The zero-order valence-electron chi connectivity index (χ0n) is 16.0. The second kappa shape index (κ2) is 8.88. The first-order chi connectivity index (χ1) is 13.1. The van der Waals surface area contributed by atoms with Crippen molar-refractivity contribution in [3.63, 3.8) is 0 Å². The molecule has 144 valence electrons. The van der Waals surface area contributed by atoms with E-state index < -0.39 is 0 Å². The van der Waals surface area contributed by atoms with Crippen LogP contribution in [0, 0.1) is 6.92 Å². The monoisotopic (exact) mass is 369 g/mol. The highest BCUT2D eigenvalue weighted by Gasteiger charge is 2.30. The molecule has 0 saturated carbocycles. The third-order valence-corrected chi connectivity index (χ3v) is 4.52. The minimum atomic E-state index is -0.332. The summed E-state index contributed by atoms with van der Waals surface area (Å²) in [4.78, 5) is 12.8. The number of rotatable bonds is 7. The van der Waals surface area contributed by atoms with Gasteiger partial charge in [-0.15, -0.1) is 0 Å². The molecule has 0 bridgehead atoms. The smallest absolute Gasteiger partial charge is 0.243 e. The van der Waals surface area contributed by atoms with E-state index in [1.807, 2.05) is 26.0 Å². The Bertz CT molecular complexity index is 777. The number of hydrogen-bond acceptors (Lipinski definition) is 5. The maximum atomic E-state index is 12.8. The first-order valence-electron chi connectivity index (χ1n) is 9.38. The van der Waals surface area contributed by atoms with E-state index in [1.165, 1.54) is 5.56 Å². The van der Waals surface area contributed by atoms with E-state index in [0.29, 0.717) is 36.8 Å². The Hall–Kier alpha value is -2.57. The molecule has 27 heavy (non-hydrogen) atoms. The molecule has 1 aliphatic heterocycles. The van der Waals surface area contributed by atoms with Crippen LogP contribution in [0.5, 0.6) is 11.5 Å². The number of amides is 1. The number of nitrogens with one attached hydrogen (secondary N) is 3. The molecule has 1 fully saturated rings. The number of ether oxygens (including phenoxy) is 2. The van der Waals surface area contributed by atoms with Gasteiger partial charge in [-0.1, -0.05) is 29.8 Å². The van der Waals surface area contributed by atoms with Gasteiger partial charge in [-0.05, 0) is 44.9 Å². The van der Waals surface area contributed by atoms with Crippen molar-refractivity contribution in [2.45, 2.75) is 39.3 Å². The fourth-order valence-corrected chi connectivity index (χ4v) is 3.11. The number of carbonyl (C=O) groups is 1. The Morgan fingerprint density at radius 2 is 1.81 bits per heavy atom. The molecule has 1 aliphatic rings. The Morgan fingerprint density at radius 3 is 2.52 bits per heavy atom. The van der Waals surface area contributed by atoms with E-state index in [0.717, 1.165) is 5.56 Å². The molecule has 0 aromatic heterocycles. The standard InChI is InChI=1S/C21H27N3O3/c1-4-26-16-10-11-20(27-5-2)18(12-16)22-21(25)19-13-17(23-24-19)15-8-6-14(3)7-9-15/h6-12,17,19,23-24H,4-5,13H2,1-3H3,(H,22,25). The van der Waals surface area contributed by atoms with E-state index in [9.17, 15) is 4.79 Å². The highest BCUT2D eigenvalue weighted by atomic mass is 16.5. The minimum absolute atomic E-state index is 0.0995.